The second-order valence-electron chi connectivity index (χ2n) is 2.91. The van der Waals surface area contributed by atoms with E-state index in [0.717, 1.165) is 19.4 Å². The van der Waals surface area contributed by atoms with Gasteiger partial charge in [-0.05, 0) is 6.42 Å². The van der Waals surface area contributed by atoms with Crippen LogP contribution in [0.3, 0.4) is 0 Å². The fourth-order valence-electron chi connectivity index (χ4n) is 1.01. The summed E-state index contributed by atoms with van der Waals surface area (Å²) in [5.74, 6) is 0.292. The van der Waals surface area contributed by atoms with Crippen LogP contribution < -0.4 is 0 Å². The average molecular weight is 239 g/mol. The van der Waals surface area contributed by atoms with Crippen molar-refractivity contribution in [3.05, 3.63) is 0 Å². The number of likely N-dealkylation sites (tertiary alicyclic amines) is 1. The number of phosphoric ester groups is 1. The summed E-state index contributed by atoms with van der Waals surface area (Å²) in [6.45, 7) is 0.957. The Labute approximate surface area is 90.1 Å². The van der Waals surface area contributed by atoms with Gasteiger partial charge in [-0.3, -0.25) is 18.4 Å². The van der Waals surface area contributed by atoms with Crippen molar-refractivity contribution in [1.82, 2.24) is 4.90 Å². The summed E-state index contributed by atoms with van der Waals surface area (Å²) in [6, 6.07) is 0. The number of carbonyl (C=O) groups is 1. The van der Waals surface area contributed by atoms with Crippen LogP contribution in [-0.4, -0.2) is 45.7 Å². The first-order valence-corrected chi connectivity index (χ1v) is 5.96. The standard InChI is InChI=1S/C5H9NO.C3H9O4P/c1-6-4-2-3-5(6)7;1-5-8(4,6-2)7-3/h2-4H2,1H3;1-3H3. The quantitative estimate of drug-likeness (QED) is 0.694. The summed E-state index contributed by atoms with van der Waals surface area (Å²) in [7, 11) is 2.45. The molecule has 0 saturated carbocycles. The Morgan fingerprint density at radius 3 is 1.73 bits per heavy atom. The maximum atomic E-state index is 10.7. The molecule has 0 bridgehead atoms. The molecule has 15 heavy (non-hydrogen) atoms. The highest BCUT2D eigenvalue weighted by Gasteiger charge is 2.18. The van der Waals surface area contributed by atoms with E-state index in [1.165, 1.54) is 21.3 Å². The predicted octanol–water partition coefficient (Wildman–Crippen LogP) is 1.27. The van der Waals surface area contributed by atoms with Gasteiger partial charge >= 0.3 is 7.82 Å². The van der Waals surface area contributed by atoms with Crippen LogP contribution in [0.5, 0.6) is 0 Å². The van der Waals surface area contributed by atoms with Crippen LogP contribution in [0, 0.1) is 0 Å². The molecule has 1 amide bonds. The second kappa shape index (κ2) is 6.95. The van der Waals surface area contributed by atoms with Crippen molar-refractivity contribution in [2.45, 2.75) is 12.8 Å². The predicted molar refractivity (Wildman–Crippen MR) is 55.5 cm³/mol. The van der Waals surface area contributed by atoms with Gasteiger partial charge in [0.1, 0.15) is 0 Å². The smallest absolute Gasteiger partial charge is 0.346 e. The molecule has 0 aromatic carbocycles. The van der Waals surface area contributed by atoms with E-state index in [0.29, 0.717) is 5.91 Å². The molecule has 0 aromatic rings. The van der Waals surface area contributed by atoms with Crippen molar-refractivity contribution < 1.29 is 22.9 Å². The van der Waals surface area contributed by atoms with E-state index in [4.69, 9.17) is 0 Å². The highest BCUT2D eigenvalue weighted by atomic mass is 31.2. The molecule has 7 heteroatoms. The number of carbonyl (C=O) groups excluding carboxylic acids is 1. The summed E-state index contributed by atoms with van der Waals surface area (Å²) in [4.78, 5) is 12.3. The topological polar surface area (TPSA) is 65.1 Å². The lowest BCUT2D eigenvalue weighted by molar-refractivity contribution is -0.126. The number of rotatable bonds is 3. The summed E-state index contributed by atoms with van der Waals surface area (Å²) in [5.41, 5.74) is 0. The molecule has 90 valence electrons. The molecular formula is C8H18NO5P. The minimum Gasteiger partial charge on any atom is -0.346 e. The SMILES string of the molecule is CN1CCCC1=O.COP(=O)(OC)OC. The normalized spacial score (nSPS) is 16.3. The minimum absolute atomic E-state index is 0.292. The van der Waals surface area contributed by atoms with Crippen molar-refractivity contribution in [2.24, 2.45) is 0 Å². The van der Waals surface area contributed by atoms with Gasteiger partial charge in [-0.2, -0.15) is 0 Å². The first-order valence-electron chi connectivity index (χ1n) is 4.50. The highest BCUT2D eigenvalue weighted by Crippen LogP contribution is 2.46. The monoisotopic (exact) mass is 239 g/mol. The van der Waals surface area contributed by atoms with Gasteiger partial charge < -0.3 is 4.90 Å². The molecule has 1 aliphatic rings. The number of amides is 1. The Morgan fingerprint density at radius 1 is 1.20 bits per heavy atom. The zero-order chi connectivity index (χ0) is 11.9. The molecule has 0 unspecified atom stereocenters. The van der Waals surface area contributed by atoms with E-state index < -0.39 is 7.82 Å². The molecule has 1 fully saturated rings. The van der Waals surface area contributed by atoms with E-state index in [-0.39, 0.29) is 0 Å². The van der Waals surface area contributed by atoms with Crippen LogP contribution in [0.4, 0.5) is 0 Å². The van der Waals surface area contributed by atoms with Gasteiger partial charge in [-0.15, -0.1) is 0 Å². The maximum Gasteiger partial charge on any atom is 0.473 e. The van der Waals surface area contributed by atoms with Crippen LogP contribution in [0.1, 0.15) is 12.8 Å². The third kappa shape index (κ3) is 5.28. The van der Waals surface area contributed by atoms with Crippen molar-refractivity contribution >= 4 is 13.7 Å². The Bertz CT molecular complexity index is 226. The van der Waals surface area contributed by atoms with Gasteiger partial charge in [0.05, 0.1) is 0 Å². The summed E-state index contributed by atoms with van der Waals surface area (Å²) in [6.07, 6.45) is 1.81. The van der Waals surface area contributed by atoms with E-state index >= 15 is 0 Å². The minimum atomic E-state index is -3.16. The molecule has 0 spiro atoms. The molecule has 0 atom stereocenters. The first kappa shape index (κ1) is 14.6. The zero-order valence-electron chi connectivity index (χ0n) is 9.56. The highest BCUT2D eigenvalue weighted by molar-refractivity contribution is 7.48. The Balaban J connectivity index is 0.000000262. The number of hydrogen-bond donors (Lipinski definition) is 0. The lowest BCUT2D eigenvalue weighted by Gasteiger charge is -2.08. The van der Waals surface area contributed by atoms with Crippen LogP contribution in [-0.2, 0) is 22.9 Å². The van der Waals surface area contributed by atoms with Gasteiger partial charge in [-0.25, -0.2) is 4.57 Å². The molecule has 0 radical (unpaired) electrons. The van der Waals surface area contributed by atoms with Crippen molar-refractivity contribution in [3.8, 4) is 0 Å². The molecule has 1 aliphatic heterocycles. The second-order valence-corrected chi connectivity index (χ2v) is 4.90. The van der Waals surface area contributed by atoms with Gasteiger partial charge in [0.15, 0.2) is 0 Å². The van der Waals surface area contributed by atoms with Crippen molar-refractivity contribution in [3.63, 3.8) is 0 Å². The first-order chi connectivity index (χ1) is 6.99. The summed E-state index contributed by atoms with van der Waals surface area (Å²) < 4.78 is 23.7. The molecule has 6 nitrogen and oxygen atoms in total. The largest absolute Gasteiger partial charge is 0.473 e. The Hall–Kier alpha value is -0.420. The van der Waals surface area contributed by atoms with E-state index in [2.05, 4.69) is 13.6 Å². The molecular weight excluding hydrogens is 221 g/mol. The molecule has 0 aromatic heterocycles. The lowest BCUT2D eigenvalue weighted by atomic mass is 10.4. The van der Waals surface area contributed by atoms with E-state index in [1.807, 2.05) is 7.05 Å². The average Bonchev–Trinajstić information content (AvgIpc) is 2.63. The van der Waals surface area contributed by atoms with E-state index in [1.54, 1.807) is 4.90 Å². The third-order valence-corrected chi connectivity index (χ3v) is 3.32. The van der Waals surface area contributed by atoms with Crippen LogP contribution in [0.2, 0.25) is 0 Å². The van der Waals surface area contributed by atoms with Crippen LogP contribution in [0.25, 0.3) is 0 Å². The molecule has 1 saturated heterocycles. The Morgan fingerprint density at radius 2 is 1.67 bits per heavy atom. The van der Waals surface area contributed by atoms with Gasteiger partial charge in [0.25, 0.3) is 0 Å². The van der Waals surface area contributed by atoms with Crippen LogP contribution >= 0.6 is 7.82 Å². The fourth-order valence-corrected chi connectivity index (χ4v) is 1.45. The number of hydrogen-bond acceptors (Lipinski definition) is 5. The van der Waals surface area contributed by atoms with E-state index in [9.17, 15) is 9.36 Å². The van der Waals surface area contributed by atoms with Crippen molar-refractivity contribution in [1.29, 1.82) is 0 Å². The third-order valence-electron chi connectivity index (χ3n) is 1.98. The zero-order valence-corrected chi connectivity index (χ0v) is 10.5. The van der Waals surface area contributed by atoms with Gasteiger partial charge in [0, 0.05) is 41.3 Å². The van der Waals surface area contributed by atoms with Crippen LogP contribution in [0.15, 0.2) is 0 Å². The molecule has 1 heterocycles. The maximum absolute atomic E-state index is 10.7. The summed E-state index contributed by atoms with van der Waals surface area (Å²) in [5, 5.41) is 0. The van der Waals surface area contributed by atoms with Gasteiger partial charge in [-0.1, -0.05) is 0 Å². The Kier molecular flexibility index (Phi) is 6.76. The number of nitrogens with zero attached hydrogens (tertiary/aromatic N) is 1. The lowest BCUT2D eigenvalue weighted by Crippen LogP contribution is -2.17. The number of phosphoric acid groups is 1. The molecule has 0 aliphatic carbocycles. The molecule has 1 rings (SSSR count). The van der Waals surface area contributed by atoms with Gasteiger partial charge in [0.2, 0.25) is 5.91 Å². The van der Waals surface area contributed by atoms with Crippen molar-refractivity contribution in [2.75, 3.05) is 34.9 Å². The summed E-state index contributed by atoms with van der Waals surface area (Å²) >= 11 is 0. The fraction of sp³-hybridized carbons (Fsp3) is 0.875. The molecule has 0 N–H and O–H groups in total.